The second-order valence-electron chi connectivity index (χ2n) is 5.96. The molecular weight excluding hydrogens is 298 g/mol. The quantitative estimate of drug-likeness (QED) is 0.785. The van der Waals surface area contributed by atoms with Gasteiger partial charge in [-0.3, -0.25) is 4.79 Å². The Kier molecular flexibility index (Phi) is 6.42. The average Bonchev–Trinajstić information content (AvgIpc) is 2.61. The molecule has 0 aliphatic heterocycles. The van der Waals surface area contributed by atoms with Gasteiger partial charge >= 0.3 is 0 Å². The molecule has 1 atom stereocenters. The fourth-order valence-electron chi connectivity index (χ4n) is 2.70. The molecule has 2 rings (SSSR count). The SMILES string of the molecule is CCc1ccc(O[C@H](CC)C(=O)Nc2c(C)cccc2CC)cc1. The van der Waals surface area contributed by atoms with Crippen molar-refractivity contribution in [1.29, 1.82) is 0 Å². The van der Waals surface area contributed by atoms with Crippen molar-refractivity contribution in [3.8, 4) is 5.75 Å². The molecule has 1 amide bonds. The molecule has 0 saturated carbocycles. The van der Waals surface area contributed by atoms with Crippen molar-refractivity contribution in [2.24, 2.45) is 0 Å². The standard InChI is InChI=1S/C21H27NO2/c1-5-16-11-13-18(14-12-16)24-19(7-3)21(23)22-20-15(4)9-8-10-17(20)6-2/h8-14,19H,5-7H2,1-4H3,(H,22,23)/t19-/m1/s1. The fraction of sp³-hybridized carbons (Fsp3) is 0.381. The number of aryl methyl sites for hydroxylation is 3. The minimum absolute atomic E-state index is 0.0962. The zero-order valence-electron chi connectivity index (χ0n) is 15.1. The highest BCUT2D eigenvalue weighted by Crippen LogP contribution is 2.22. The van der Waals surface area contributed by atoms with E-state index in [4.69, 9.17) is 4.74 Å². The third-order valence-electron chi connectivity index (χ3n) is 4.26. The molecule has 0 aromatic heterocycles. The van der Waals surface area contributed by atoms with E-state index in [2.05, 4.69) is 19.2 Å². The van der Waals surface area contributed by atoms with Crippen LogP contribution < -0.4 is 10.1 Å². The van der Waals surface area contributed by atoms with Gasteiger partial charge < -0.3 is 10.1 Å². The average molecular weight is 325 g/mol. The van der Waals surface area contributed by atoms with Crippen LogP contribution in [0.2, 0.25) is 0 Å². The summed E-state index contributed by atoms with van der Waals surface area (Å²) in [6.07, 6.45) is 1.99. The fourth-order valence-corrected chi connectivity index (χ4v) is 2.70. The van der Waals surface area contributed by atoms with E-state index in [1.807, 2.05) is 56.3 Å². The largest absolute Gasteiger partial charge is 0.481 e. The maximum absolute atomic E-state index is 12.7. The summed E-state index contributed by atoms with van der Waals surface area (Å²) >= 11 is 0. The van der Waals surface area contributed by atoms with Crippen LogP contribution in [0.25, 0.3) is 0 Å². The van der Waals surface area contributed by atoms with Gasteiger partial charge in [0.2, 0.25) is 0 Å². The first-order valence-electron chi connectivity index (χ1n) is 8.73. The van der Waals surface area contributed by atoms with Gasteiger partial charge in [-0.2, -0.15) is 0 Å². The topological polar surface area (TPSA) is 38.3 Å². The molecule has 0 heterocycles. The van der Waals surface area contributed by atoms with Gasteiger partial charge in [-0.05, 0) is 55.0 Å². The van der Waals surface area contributed by atoms with Gasteiger partial charge in [0.15, 0.2) is 6.10 Å². The molecule has 1 N–H and O–H groups in total. The predicted octanol–water partition coefficient (Wildman–Crippen LogP) is 4.92. The Hall–Kier alpha value is -2.29. The number of ether oxygens (including phenoxy) is 1. The Balaban J connectivity index is 2.11. The minimum atomic E-state index is -0.498. The highest BCUT2D eigenvalue weighted by atomic mass is 16.5. The van der Waals surface area contributed by atoms with Crippen LogP contribution in [0.3, 0.4) is 0 Å². The van der Waals surface area contributed by atoms with Crippen LogP contribution in [0, 0.1) is 6.92 Å². The first-order chi connectivity index (χ1) is 11.6. The number of benzene rings is 2. The number of carbonyl (C=O) groups excluding carboxylic acids is 1. The van der Waals surface area contributed by atoms with Crippen LogP contribution in [-0.4, -0.2) is 12.0 Å². The molecule has 0 fully saturated rings. The number of anilines is 1. The van der Waals surface area contributed by atoms with Crippen molar-refractivity contribution in [1.82, 2.24) is 0 Å². The van der Waals surface area contributed by atoms with E-state index in [1.54, 1.807) is 0 Å². The van der Waals surface area contributed by atoms with Crippen LogP contribution in [-0.2, 0) is 17.6 Å². The summed E-state index contributed by atoms with van der Waals surface area (Å²) in [5.41, 5.74) is 4.39. The predicted molar refractivity (Wildman–Crippen MR) is 99.7 cm³/mol. The molecule has 0 bridgehead atoms. The van der Waals surface area contributed by atoms with Gasteiger partial charge in [-0.15, -0.1) is 0 Å². The lowest BCUT2D eigenvalue weighted by atomic mass is 10.1. The van der Waals surface area contributed by atoms with E-state index in [9.17, 15) is 4.79 Å². The Morgan fingerprint density at radius 2 is 1.75 bits per heavy atom. The Morgan fingerprint density at radius 1 is 1.04 bits per heavy atom. The first kappa shape index (κ1) is 18.1. The highest BCUT2D eigenvalue weighted by Gasteiger charge is 2.20. The maximum atomic E-state index is 12.7. The summed E-state index contributed by atoms with van der Waals surface area (Å²) in [6, 6.07) is 14.0. The van der Waals surface area contributed by atoms with Gasteiger partial charge in [0, 0.05) is 5.69 Å². The highest BCUT2D eigenvalue weighted by molar-refractivity contribution is 5.95. The molecule has 0 radical (unpaired) electrons. The molecule has 0 saturated heterocycles. The van der Waals surface area contributed by atoms with Crippen molar-refractivity contribution in [2.75, 3.05) is 5.32 Å². The van der Waals surface area contributed by atoms with Crippen molar-refractivity contribution < 1.29 is 9.53 Å². The number of carbonyl (C=O) groups is 1. The van der Waals surface area contributed by atoms with E-state index >= 15 is 0 Å². The summed E-state index contributed by atoms with van der Waals surface area (Å²) in [6.45, 7) is 8.18. The van der Waals surface area contributed by atoms with E-state index in [-0.39, 0.29) is 5.91 Å². The van der Waals surface area contributed by atoms with Crippen LogP contribution in [0.4, 0.5) is 5.69 Å². The van der Waals surface area contributed by atoms with Crippen LogP contribution in [0.5, 0.6) is 5.75 Å². The lowest BCUT2D eigenvalue weighted by Crippen LogP contribution is -2.33. The second-order valence-corrected chi connectivity index (χ2v) is 5.96. The zero-order valence-corrected chi connectivity index (χ0v) is 15.1. The second kappa shape index (κ2) is 8.53. The van der Waals surface area contributed by atoms with E-state index in [0.717, 1.165) is 35.4 Å². The number of rotatable bonds is 7. The molecular formula is C21H27NO2. The van der Waals surface area contributed by atoms with Crippen LogP contribution >= 0.6 is 0 Å². The Morgan fingerprint density at radius 3 is 2.33 bits per heavy atom. The smallest absolute Gasteiger partial charge is 0.265 e. The van der Waals surface area contributed by atoms with Crippen molar-refractivity contribution in [3.63, 3.8) is 0 Å². The van der Waals surface area contributed by atoms with E-state index < -0.39 is 6.10 Å². The molecule has 0 aliphatic carbocycles. The number of para-hydroxylation sites is 1. The molecule has 2 aromatic rings. The molecule has 0 unspecified atom stereocenters. The number of hydrogen-bond donors (Lipinski definition) is 1. The van der Waals surface area contributed by atoms with Gasteiger partial charge in [0.1, 0.15) is 5.75 Å². The van der Waals surface area contributed by atoms with Crippen LogP contribution in [0.1, 0.15) is 43.9 Å². The van der Waals surface area contributed by atoms with E-state index in [1.165, 1.54) is 5.56 Å². The maximum Gasteiger partial charge on any atom is 0.265 e. The molecule has 3 nitrogen and oxygen atoms in total. The van der Waals surface area contributed by atoms with Crippen LogP contribution in [0.15, 0.2) is 42.5 Å². The summed E-state index contributed by atoms with van der Waals surface area (Å²) in [7, 11) is 0. The number of amides is 1. The van der Waals surface area contributed by atoms with E-state index in [0.29, 0.717) is 6.42 Å². The minimum Gasteiger partial charge on any atom is -0.481 e. The van der Waals surface area contributed by atoms with Gasteiger partial charge in [-0.1, -0.05) is 51.1 Å². The van der Waals surface area contributed by atoms with Gasteiger partial charge in [0.25, 0.3) is 5.91 Å². The zero-order chi connectivity index (χ0) is 17.5. The van der Waals surface area contributed by atoms with Crippen molar-refractivity contribution in [3.05, 3.63) is 59.2 Å². The molecule has 128 valence electrons. The Bertz CT molecular complexity index is 677. The third kappa shape index (κ3) is 4.38. The first-order valence-corrected chi connectivity index (χ1v) is 8.73. The molecule has 24 heavy (non-hydrogen) atoms. The molecule has 0 spiro atoms. The lowest BCUT2D eigenvalue weighted by molar-refractivity contribution is -0.122. The summed E-state index contributed by atoms with van der Waals surface area (Å²) in [5, 5.41) is 3.06. The summed E-state index contributed by atoms with van der Waals surface area (Å²) < 4.78 is 5.90. The summed E-state index contributed by atoms with van der Waals surface area (Å²) in [4.78, 5) is 12.7. The molecule has 3 heteroatoms. The third-order valence-corrected chi connectivity index (χ3v) is 4.26. The normalized spacial score (nSPS) is 11.8. The lowest BCUT2D eigenvalue weighted by Gasteiger charge is -2.19. The van der Waals surface area contributed by atoms with Crippen molar-refractivity contribution in [2.45, 2.75) is 53.1 Å². The van der Waals surface area contributed by atoms with Gasteiger partial charge in [-0.25, -0.2) is 0 Å². The summed E-state index contributed by atoms with van der Waals surface area (Å²) in [5.74, 6) is 0.635. The monoisotopic (exact) mass is 325 g/mol. The number of hydrogen-bond acceptors (Lipinski definition) is 2. The van der Waals surface area contributed by atoms with Gasteiger partial charge in [0.05, 0.1) is 0 Å². The molecule has 2 aromatic carbocycles. The van der Waals surface area contributed by atoms with Crippen molar-refractivity contribution >= 4 is 11.6 Å². The molecule has 0 aliphatic rings. The number of nitrogens with one attached hydrogen (secondary N) is 1. The Labute approximate surface area is 145 Å².